The highest BCUT2D eigenvalue weighted by Gasteiger charge is 2.39. The lowest BCUT2D eigenvalue weighted by Crippen LogP contribution is -2.62. The van der Waals surface area contributed by atoms with E-state index in [0.717, 1.165) is 30.4 Å². The van der Waals surface area contributed by atoms with Crippen LogP contribution in [0.15, 0.2) is 12.2 Å². The van der Waals surface area contributed by atoms with Crippen LogP contribution in [-0.2, 0) is 9.59 Å². The van der Waals surface area contributed by atoms with Crippen molar-refractivity contribution in [3.8, 4) is 11.8 Å². The van der Waals surface area contributed by atoms with Crippen LogP contribution in [0.5, 0.6) is 11.8 Å². The zero-order valence-corrected chi connectivity index (χ0v) is 18.8. The van der Waals surface area contributed by atoms with E-state index in [1.54, 1.807) is 0 Å². The number of carbonyl (C=O) groups excluding carboxylic acids is 2. The Kier molecular flexibility index (Phi) is 5.32. The van der Waals surface area contributed by atoms with Gasteiger partial charge in [-0.2, -0.15) is 4.68 Å². The fourth-order valence-corrected chi connectivity index (χ4v) is 5.85. The fraction of sp³-hybridized carbons (Fsp3) is 0.652. The topological polar surface area (TPSA) is 116 Å². The minimum Gasteiger partial charge on any atom is -0.493 e. The Morgan fingerprint density at radius 1 is 0.968 bits per heavy atom. The molecule has 31 heavy (non-hydrogen) atoms. The Morgan fingerprint density at radius 3 is 1.94 bits per heavy atom. The third-order valence-electron chi connectivity index (χ3n) is 6.67. The smallest absolute Gasteiger partial charge is 0.239 e. The van der Waals surface area contributed by atoms with E-state index < -0.39 is 5.91 Å². The summed E-state index contributed by atoms with van der Waals surface area (Å²) in [6.45, 7) is 8.49. The van der Waals surface area contributed by atoms with Gasteiger partial charge in [0, 0.05) is 52.9 Å². The van der Waals surface area contributed by atoms with Crippen molar-refractivity contribution >= 4 is 11.8 Å². The molecule has 0 aromatic carbocycles. The highest BCUT2D eigenvalue weighted by Crippen LogP contribution is 2.53. The summed E-state index contributed by atoms with van der Waals surface area (Å²) in [6.07, 6.45) is 7.60. The molecule has 8 nitrogen and oxygen atoms in total. The number of aromatic hydroxyl groups is 2. The van der Waals surface area contributed by atoms with Crippen LogP contribution < -0.4 is 16.1 Å². The van der Waals surface area contributed by atoms with Crippen molar-refractivity contribution in [3.63, 3.8) is 0 Å². The Balaban J connectivity index is 1.33. The summed E-state index contributed by atoms with van der Waals surface area (Å²) in [4.78, 5) is 24.9. The van der Waals surface area contributed by atoms with Gasteiger partial charge in [0.05, 0.1) is 0 Å². The van der Waals surface area contributed by atoms with E-state index in [9.17, 15) is 19.8 Å². The van der Waals surface area contributed by atoms with Gasteiger partial charge in [-0.3, -0.25) is 15.0 Å². The summed E-state index contributed by atoms with van der Waals surface area (Å²) in [7, 11) is 0. The summed E-state index contributed by atoms with van der Waals surface area (Å²) < 4.78 is 1.06. The van der Waals surface area contributed by atoms with Crippen LogP contribution >= 0.6 is 0 Å². The highest BCUT2D eigenvalue weighted by molar-refractivity contribution is 5.88. The van der Waals surface area contributed by atoms with E-state index >= 15 is 0 Å². The molecule has 5 rings (SSSR count). The van der Waals surface area contributed by atoms with Gasteiger partial charge in [0.15, 0.2) is 0 Å². The second-order valence-corrected chi connectivity index (χ2v) is 10.6. The van der Waals surface area contributed by atoms with Crippen molar-refractivity contribution in [2.24, 2.45) is 0 Å². The average Bonchev–Trinajstić information content (AvgIpc) is 2.92. The van der Waals surface area contributed by atoms with Crippen molar-refractivity contribution in [2.45, 2.75) is 95.2 Å². The van der Waals surface area contributed by atoms with Crippen molar-refractivity contribution in [2.75, 3.05) is 5.43 Å². The fourth-order valence-electron chi connectivity index (χ4n) is 5.85. The number of nitrogens with zero attached hydrogens (tertiary/aromatic N) is 1. The maximum atomic E-state index is 12.5. The lowest BCUT2D eigenvalue weighted by molar-refractivity contribution is -0.125. The highest BCUT2D eigenvalue weighted by atomic mass is 16.3. The number of allylic oxidation sites excluding steroid dienone is 2. The van der Waals surface area contributed by atoms with Crippen molar-refractivity contribution in [1.82, 2.24) is 15.3 Å². The first-order valence-electron chi connectivity index (χ1n) is 11.2. The molecule has 1 fully saturated rings. The second kappa shape index (κ2) is 7.58. The molecular weight excluding hydrogens is 396 g/mol. The lowest BCUT2D eigenvalue weighted by atomic mass is 9.73. The molecule has 170 valence electrons. The molecule has 4 aliphatic rings. The molecule has 1 aromatic rings. The van der Waals surface area contributed by atoms with Gasteiger partial charge in [0.1, 0.15) is 0 Å². The Hall–Kier alpha value is -2.48. The molecule has 3 aliphatic carbocycles. The van der Waals surface area contributed by atoms with Crippen molar-refractivity contribution in [1.29, 1.82) is 0 Å². The molecule has 1 saturated heterocycles. The quantitative estimate of drug-likeness (QED) is 0.461. The molecule has 2 atom stereocenters. The maximum Gasteiger partial charge on any atom is 0.239 e. The number of hydrogen-bond donors (Lipinski definition) is 5. The first-order chi connectivity index (χ1) is 14.5. The number of fused-ring (bicyclic) bond motifs is 1. The van der Waals surface area contributed by atoms with E-state index in [4.69, 9.17) is 0 Å². The summed E-state index contributed by atoms with van der Waals surface area (Å²) in [6, 6.07) is 0.0500. The number of rotatable bonds is 5. The molecule has 0 spiro atoms. The standard InChI is InChI=1S/C23H34N4O4/c1-22(2)11-15(12-23(3,4)26-22)24-16(28)9-10-17(29)25-27-20(30)18-13-5-6-14(8-7-13)19(18)21(27)31/h5-6,13-15,26,30-31H,7-12H2,1-4H3,(H,24,28)(H,25,29). The van der Waals surface area contributed by atoms with Gasteiger partial charge in [-0.05, 0) is 53.4 Å². The van der Waals surface area contributed by atoms with E-state index in [1.807, 2.05) is 0 Å². The van der Waals surface area contributed by atoms with Crippen LogP contribution in [0.2, 0.25) is 0 Å². The number of amides is 2. The van der Waals surface area contributed by atoms with Gasteiger partial charge in [0.25, 0.3) is 0 Å². The number of hydrogen-bond acceptors (Lipinski definition) is 5. The summed E-state index contributed by atoms with van der Waals surface area (Å²) in [5, 5.41) is 27.8. The van der Waals surface area contributed by atoms with E-state index in [1.165, 1.54) is 0 Å². The molecule has 2 amide bonds. The van der Waals surface area contributed by atoms with Crippen LogP contribution in [0.3, 0.4) is 0 Å². The number of aromatic nitrogens is 1. The first kappa shape index (κ1) is 21.7. The Morgan fingerprint density at radius 2 is 1.45 bits per heavy atom. The van der Waals surface area contributed by atoms with Crippen LogP contribution in [0.1, 0.15) is 89.2 Å². The molecule has 5 N–H and O–H groups in total. The molecular formula is C23H34N4O4. The third kappa shape index (κ3) is 4.31. The van der Waals surface area contributed by atoms with Gasteiger partial charge in [-0.25, -0.2) is 0 Å². The molecule has 0 radical (unpaired) electrons. The molecule has 2 bridgehead atoms. The van der Waals surface area contributed by atoms with E-state index in [2.05, 4.69) is 55.9 Å². The number of carbonyl (C=O) groups is 2. The zero-order valence-electron chi connectivity index (χ0n) is 18.8. The summed E-state index contributed by atoms with van der Waals surface area (Å²) in [5.41, 5.74) is 3.80. The van der Waals surface area contributed by atoms with Gasteiger partial charge < -0.3 is 20.8 Å². The van der Waals surface area contributed by atoms with Crippen LogP contribution in [0.4, 0.5) is 0 Å². The Labute approximate surface area is 183 Å². The minimum absolute atomic E-state index is 0.0313. The molecule has 1 aliphatic heterocycles. The van der Waals surface area contributed by atoms with Crippen molar-refractivity contribution < 1.29 is 19.8 Å². The third-order valence-corrected chi connectivity index (χ3v) is 6.67. The SMILES string of the molecule is CC1(C)CC(NC(=O)CCC(=O)Nn2c(O)c3c(c2O)C2C=CC3CC2)CC(C)(C)N1. The molecule has 1 aromatic heterocycles. The second-order valence-electron chi connectivity index (χ2n) is 10.6. The lowest BCUT2D eigenvalue weighted by Gasteiger charge is -2.46. The number of nitrogens with one attached hydrogen (secondary N) is 3. The van der Waals surface area contributed by atoms with Crippen LogP contribution in [0.25, 0.3) is 0 Å². The average molecular weight is 431 g/mol. The van der Waals surface area contributed by atoms with Gasteiger partial charge >= 0.3 is 0 Å². The predicted molar refractivity (Wildman–Crippen MR) is 118 cm³/mol. The molecule has 2 heterocycles. The van der Waals surface area contributed by atoms with Gasteiger partial charge in [-0.1, -0.05) is 12.2 Å². The monoisotopic (exact) mass is 430 g/mol. The van der Waals surface area contributed by atoms with Crippen LogP contribution in [-0.4, -0.2) is 43.8 Å². The molecule has 0 saturated carbocycles. The van der Waals surface area contributed by atoms with Gasteiger partial charge in [-0.15, -0.1) is 0 Å². The zero-order chi connectivity index (χ0) is 22.6. The maximum absolute atomic E-state index is 12.5. The number of piperidine rings is 1. The van der Waals surface area contributed by atoms with Gasteiger partial charge in [0.2, 0.25) is 23.6 Å². The van der Waals surface area contributed by atoms with Crippen molar-refractivity contribution in [3.05, 3.63) is 23.3 Å². The van der Waals surface area contributed by atoms with E-state index in [-0.39, 0.29) is 59.5 Å². The Bertz CT molecular complexity index is 877. The largest absolute Gasteiger partial charge is 0.493 e. The first-order valence-corrected chi connectivity index (χ1v) is 11.2. The molecule has 8 heteroatoms. The predicted octanol–water partition coefficient (Wildman–Crippen LogP) is 2.71. The van der Waals surface area contributed by atoms with Crippen LogP contribution in [0, 0.1) is 0 Å². The summed E-state index contributed by atoms with van der Waals surface area (Å²) in [5.74, 6) is -0.718. The molecule has 2 unspecified atom stereocenters. The normalized spacial score (nSPS) is 25.8. The van der Waals surface area contributed by atoms with E-state index in [0.29, 0.717) is 11.1 Å². The minimum atomic E-state index is -0.431. The summed E-state index contributed by atoms with van der Waals surface area (Å²) >= 11 is 0.